The van der Waals surface area contributed by atoms with Crippen LogP contribution in [0.3, 0.4) is 0 Å². The van der Waals surface area contributed by atoms with Gasteiger partial charge in [0.1, 0.15) is 18.3 Å². The van der Waals surface area contributed by atoms with Crippen LogP contribution >= 0.6 is 15.9 Å². The predicted octanol–water partition coefficient (Wildman–Crippen LogP) is 3.56. The van der Waals surface area contributed by atoms with Crippen molar-refractivity contribution in [2.24, 2.45) is 0 Å². The molecule has 0 aliphatic heterocycles. The summed E-state index contributed by atoms with van der Waals surface area (Å²) in [5, 5.41) is 2.85. The summed E-state index contributed by atoms with van der Waals surface area (Å²) in [5.41, 5.74) is 1.15. The highest BCUT2D eigenvalue weighted by Gasteiger charge is 2.31. The molecule has 2 rings (SSSR count). The number of rotatable bonds is 12. The van der Waals surface area contributed by atoms with Crippen LogP contribution in [0.4, 0.5) is 5.69 Å². The van der Waals surface area contributed by atoms with Gasteiger partial charge in [0.05, 0.1) is 19.1 Å². The third kappa shape index (κ3) is 7.73. The molecule has 0 aliphatic rings. The molecule has 1 atom stereocenters. The van der Waals surface area contributed by atoms with Crippen LogP contribution in [-0.2, 0) is 26.2 Å². The number of nitrogens with zero attached hydrogens (tertiary/aromatic N) is 2. The lowest BCUT2D eigenvalue weighted by molar-refractivity contribution is -0.140. The van der Waals surface area contributed by atoms with Crippen molar-refractivity contribution < 1.29 is 22.7 Å². The molecule has 0 spiro atoms. The first-order chi connectivity index (χ1) is 16.1. The molecule has 0 saturated carbocycles. The van der Waals surface area contributed by atoms with E-state index >= 15 is 0 Å². The average Bonchev–Trinajstić information content (AvgIpc) is 2.80. The summed E-state index contributed by atoms with van der Waals surface area (Å²) in [6.07, 6.45) is 2.20. The van der Waals surface area contributed by atoms with Crippen molar-refractivity contribution in [3.05, 3.63) is 58.6 Å². The minimum Gasteiger partial charge on any atom is -0.497 e. The first-order valence-corrected chi connectivity index (χ1v) is 13.7. The number of hydrogen-bond donors (Lipinski definition) is 1. The molecule has 0 heterocycles. The van der Waals surface area contributed by atoms with Gasteiger partial charge in [-0.2, -0.15) is 0 Å². The molecular formula is C24H32BrN3O5S. The first-order valence-electron chi connectivity index (χ1n) is 11.0. The molecule has 186 valence electrons. The van der Waals surface area contributed by atoms with Crippen LogP contribution in [0.2, 0.25) is 0 Å². The molecule has 2 aromatic carbocycles. The highest BCUT2D eigenvalue weighted by Crippen LogP contribution is 2.23. The van der Waals surface area contributed by atoms with Crippen molar-refractivity contribution in [2.45, 2.75) is 39.3 Å². The summed E-state index contributed by atoms with van der Waals surface area (Å²) in [7, 11) is -2.20. The van der Waals surface area contributed by atoms with Gasteiger partial charge in [0.25, 0.3) is 0 Å². The maximum atomic E-state index is 13.6. The van der Waals surface area contributed by atoms with Crippen molar-refractivity contribution in [2.75, 3.05) is 30.8 Å². The predicted molar refractivity (Wildman–Crippen MR) is 137 cm³/mol. The molecule has 8 nitrogen and oxygen atoms in total. The second-order valence-electron chi connectivity index (χ2n) is 7.83. The van der Waals surface area contributed by atoms with Gasteiger partial charge in [0.2, 0.25) is 21.8 Å². The third-order valence-electron chi connectivity index (χ3n) is 5.22. The van der Waals surface area contributed by atoms with Gasteiger partial charge in [-0.05, 0) is 48.7 Å². The smallest absolute Gasteiger partial charge is 0.244 e. The van der Waals surface area contributed by atoms with Crippen LogP contribution in [0.5, 0.6) is 5.75 Å². The molecule has 2 amide bonds. The van der Waals surface area contributed by atoms with E-state index in [2.05, 4.69) is 21.2 Å². The minimum absolute atomic E-state index is 0.150. The normalized spacial score (nSPS) is 12.0. The molecule has 0 radical (unpaired) electrons. The van der Waals surface area contributed by atoms with Crippen LogP contribution in [0.25, 0.3) is 0 Å². The zero-order chi connectivity index (χ0) is 25.3. The summed E-state index contributed by atoms with van der Waals surface area (Å²) in [5.74, 6) is -0.0634. The summed E-state index contributed by atoms with van der Waals surface area (Å²) in [6, 6.07) is 13.2. The number of carbonyl (C=O) groups excluding carboxylic acids is 2. The van der Waals surface area contributed by atoms with Crippen LogP contribution in [0.15, 0.2) is 53.0 Å². The van der Waals surface area contributed by atoms with E-state index in [0.717, 1.165) is 22.5 Å². The standard InChI is InChI=1S/C24H32BrN3O5S/c1-5-14-26-24(30)22(6-2)27(16-18-10-12-21(33-3)13-11-18)23(29)17-28(34(4,31)32)20-9-7-8-19(25)15-20/h7-13,15,22H,5-6,14,16-17H2,1-4H3,(H,26,30). The summed E-state index contributed by atoms with van der Waals surface area (Å²) in [6.45, 7) is 3.99. The van der Waals surface area contributed by atoms with Gasteiger partial charge in [-0.1, -0.05) is 48.0 Å². The van der Waals surface area contributed by atoms with Crippen molar-refractivity contribution in [1.82, 2.24) is 10.2 Å². The van der Waals surface area contributed by atoms with Crippen LogP contribution in [0, 0.1) is 0 Å². The Morgan fingerprint density at radius 2 is 1.79 bits per heavy atom. The van der Waals surface area contributed by atoms with E-state index in [1.807, 2.05) is 26.0 Å². The van der Waals surface area contributed by atoms with E-state index in [4.69, 9.17) is 4.74 Å². The first kappa shape index (κ1) is 27.7. The van der Waals surface area contributed by atoms with Gasteiger partial charge in [0.15, 0.2) is 0 Å². The van der Waals surface area contributed by atoms with Gasteiger partial charge >= 0.3 is 0 Å². The minimum atomic E-state index is -3.76. The summed E-state index contributed by atoms with van der Waals surface area (Å²) < 4.78 is 32.1. The van der Waals surface area contributed by atoms with Crippen LogP contribution < -0.4 is 14.4 Å². The Bertz CT molecular complexity index is 1080. The van der Waals surface area contributed by atoms with Gasteiger partial charge in [0, 0.05) is 17.6 Å². The van der Waals surface area contributed by atoms with Gasteiger partial charge in [-0.3, -0.25) is 13.9 Å². The Morgan fingerprint density at radius 3 is 2.32 bits per heavy atom. The van der Waals surface area contributed by atoms with Gasteiger partial charge in [-0.25, -0.2) is 8.42 Å². The van der Waals surface area contributed by atoms with Crippen molar-refractivity contribution in [1.29, 1.82) is 0 Å². The molecule has 0 aromatic heterocycles. The lowest BCUT2D eigenvalue weighted by atomic mass is 10.1. The number of benzene rings is 2. The maximum absolute atomic E-state index is 13.6. The molecule has 0 aliphatic carbocycles. The Kier molecular flexibility index (Phi) is 10.4. The van der Waals surface area contributed by atoms with Crippen molar-refractivity contribution in [3.63, 3.8) is 0 Å². The zero-order valence-electron chi connectivity index (χ0n) is 20.0. The largest absolute Gasteiger partial charge is 0.497 e. The molecule has 34 heavy (non-hydrogen) atoms. The number of carbonyl (C=O) groups is 2. The quantitative estimate of drug-likeness (QED) is 0.433. The molecule has 1 N–H and O–H groups in total. The maximum Gasteiger partial charge on any atom is 0.244 e. The molecule has 0 fully saturated rings. The Labute approximate surface area is 210 Å². The number of methoxy groups -OCH3 is 1. The van der Waals surface area contributed by atoms with Crippen LogP contribution in [0.1, 0.15) is 32.3 Å². The van der Waals surface area contributed by atoms with Crippen molar-refractivity contribution in [3.8, 4) is 5.75 Å². The van der Waals surface area contributed by atoms with E-state index < -0.39 is 28.5 Å². The van der Waals surface area contributed by atoms with E-state index in [9.17, 15) is 18.0 Å². The molecule has 0 saturated heterocycles. The molecule has 1 unspecified atom stereocenters. The van der Waals surface area contributed by atoms with E-state index in [-0.39, 0.29) is 12.5 Å². The van der Waals surface area contributed by atoms with Gasteiger partial charge < -0.3 is 15.0 Å². The molecular weight excluding hydrogens is 522 g/mol. The summed E-state index contributed by atoms with van der Waals surface area (Å²) in [4.78, 5) is 27.9. The average molecular weight is 555 g/mol. The van der Waals surface area contributed by atoms with Crippen LogP contribution in [-0.4, -0.2) is 57.6 Å². The third-order valence-corrected chi connectivity index (χ3v) is 6.86. The molecule has 10 heteroatoms. The highest BCUT2D eigenvalue weighted by molar-refractivity contribution is 9.10. The summed E-state index contributed by atoms with van der Waals surface area (Å²) >= 11 is 3.35. The number of nitrogens with one attached hydrogen (secondary N) is 1. The van der Waals surface area contributed by atoms with E-state index in [1.54, 1.807) is 43.5 Å². The Hall–Kier alpha value is -2.59. The number of halogens is 1. The van der Waals surface area contributed by atoms with E-state index in [1.165, 1.54) is 4.90 Å². The highest BCUT2D eigenvalue weighted by atomic mass is 79.9. The number of sulfonamides is 1. The Morgan fingerprint density at radius 1 is 1.12 bits per heavy atom. The molecule has 2 aromatic rings. The lowest BCUT2D eigenvalue weighted by Gasteiger charge is -2.33. The second-order valence-corrected chi connectivity index (χ2v) is 10.7. The zero-order valence-corrected chi connectivity index (χ0v) is 22.4. The van der Waals surface area contributed by atoms with Crippen molar-refractivity contribution >= 4 is 43.5 Å². The SMILES string of the molecule is CCCNC(=O)C(CC)N(Cc1ccc(OC)cc1)C(=O)CN(c1cccc(Br)c1)S(C)(=O)=O. The topological polar surface area (TPSA) is 96.0 Å². The lowest BCUT2D eigenvalue weighted by Crippen LogP contribution is -2.52. The Balaban J connectivity index is 2.41. The fourth-order valence-corrected chi connectivity index (χ4v) is 4.69. The number of amides is 2. The van der Waals surface area contributed by atoms with Gasteiger partial charge in [-0.15, -0.1) is 0 Å². The number of hydrogen-bond acceptors (Lipinski definition) is 5. The monoisotopic (exact) mass is 553 g/mol. The molecule has 0 bridgehead atoms. The number of ether oxygens (including phenoxy) is 1. The van der Waals surface area contributed by atoms with E-state index in [0.29, 0.717) is 28.9 Å². The fraction of sp³-hybridized carbons (Fsp3) is 0.417. The second kappa shape index (κ2) is 12.8. The fourth-order valence-electron chi connectivity index (χ4n) is 3.46. The number of anilines is 1.